The van der Waals surface area contributed by atoms with E-state index in [1.807, 2.05) is 0 Å². The van der Waals surface area contributed by atoms with Gasteiger partial charge < -0.3 is 15.3 Å². The molecule has 0 radical (unpaired) electrons. The van der Waals surface area contributed by atoms with Crippen molar-refractivity contribution in [3.05, 3.63) is 24.8 Å². The molecule has 0 saturated carbocycles. The molecule has 66 valence electrons. The van der Waals surface area contributed by atoms with Crippen LogP contribution in [0.1, 0.15) is 0 Å². The maximum Gasteiger partial charge on any atom is 0.115 e. The van der Waals surface area contributed by atoms with E-state index >= 15 is 0 Å². The van der Waals surface area contributed by atoms with Crippen molar-refractivity contribution >= 4 is 37.8 Å². The quantitative estimate of drug-likeness (QED) is 0.388. The fraction of sp³-hybridized carbons (Fsp3) is 0. The average molecular weight is 204 g/mol. The van der Waals surface area contributed by atoms with Gasteiger partial charge in [0.2, 0.25) is 0 Å². The first kappa shape index (κ1) is 18.1. The first-order valence-electron chi connectivity index (χ1n) is 2.35. The fourth-order valence-electron chi connectivity index (χ4n) is 0.253. The molecule has 0 amide bonds. The van der Waals surface area contributed by atoms with E-state index in [1.54, 1.807) is 18.5 Å². The number of hydrogen-bond acceptors (Lipinski definition) is 3. The summed E-state index contributed by atoms with van der Waals surface area (Å²) < 4.78 is 8.74. The monoisotopic (exact) mass is 204 g/mol. The summed E-state index contributed by atoms with van der Waals surface area (Å²) in [6.45, 7) is 0. The number of hydrogen-bond donors (Lipinski definition) is 2. The Hall–Kier alpha value is 0.190. The molecule has 0 bridgehead atoms. The van der Waals surface area contributed by atoms with Gasteiger partial charge in [-0.3, -0.25) is 4.57 Å². The molecule has 12 heavy (non-hydrogen) atoms. The van der Waals surface area contributed by atoms with Gasteiger partial charge in [0.05, 0.1) is 0 Å². The molecule has 4 N–H and O–H groups in total. The molecule has 0 atom stereocenters. The SMILES string of the molecule is O.O=[PH](O)O.[NaH].c1cncnc1. The summed E-state index contributed by atoms with van der Waals surface area (Å²) in [6.07, 6.45) is 4.88. The van der Waals surface area contributed by atoms with Crippen molar-refractivity contribution < 1.29 is 19.8 Å². The first-order valence-corrected chi connectivity index (χ1v) is 3.65. The van der Waals surface area contributed by atoms with Gasteiger partial charge in [0.25, 0.3) is 0 Å². The van der Waals surface area contributed by atoms with Gasteiger partial charge in [0.1, 0.15) is 6.33 Å². The van der Waals surface area contributed by atoms with Crippen LogP contribution in [0.15, 0.2) is 24.8 Å². The zero-order chi connectivity index (χ0) is 7.82. The maximum absolute atomic E-state index is 8.74. The second-order valence-electron chi connectivity index (χ2n) is 1.19. The molecule has 0 saturated heterocycles. The van der Waals surface area contributed by atoms with Gasteiger partial charge in [-0.2, -0.15) is 0 Å². The maximum atomic E-state index is 8.74. The molecule has 0 aromatic carbocycles. The second kappa shape index (κ2) is 13.8. The van der Waals surface area contributed by atoms with Crippen LogP contribution in [0.4, 0.5) is 0 Å². The molecule has 1 rings (SSSR count). The van der Waals surface area contributed by atoms with Crippen LogP contribution in [0.5, 0.6) is 0 Å². The molecular formula is C4H10N2NaO4P. The zero-order valence-electron chi connectivity index (χ0n) is 5.51. The largest absolute Gasteiger partial charge is 0.245 e. The van der Waals surface area contributed by atoms with E-state index in [2.05, 4.69) is 9.97 Å². The van der Waals surface area contributed by atoms with E-state index < -0.39 is 8.25 Å². The zero-order valence-corrected chi connectivity index (χ0v) is 6.51. The summed E-state index contributed by atoms with van der Waals surface area (Å²) in [5.74, 6) is 0. The van der Waals surface area contributed by atoms with Gasteiger partial charge in [-0.05, 0) is 6.07 Å². The molecular weight excluding hydrogens is 194 g/mol. The van der Waals surface area contributed by atoms with Crippen molar-refractivity contribution in [2.75, 3.05) is 0 Å². The van der Waals surface area contributed by atoms with Crippen molar-refractivity contribution in [1.82, 2.24) is 9.97 Å². The molecule has 8 heteroatoms. The van der Waals surface area contributed by atoms with E-state index in [1.165, 1.54) is 6.33 Å². The van der Waals surface area contributed by atoms with Crippen LogP contribution in [0.2, 0.25) is 0 Å². The summed E-state index contributed by atoms with van der Waals surface area (Å²) in [7, 11) is -3.13. The Kier molecular flexibility index (Phi) is 20.7. The van der Waals surface area contributed by atoms with Crippen LogP contribution in [-0.4, -0.2) is 54.8 Å². The minimum Gasteiger partial charge on any atom is -0.245 e. The third kappa shape index (κ3) is 22.5. The summed E-state index contributed by atoms with van der Waals surface area (Å²) in [5, 5.41) is 0. The predicted molar refractivity (Wildman–Crippen MR) is 46.2 cm³/mol. The summed E-state index contributed by atoms with van der Waals surface area (Å²) in [6, 6.07) is 1.78. The smallest absolute Gasteiger partial charge is 0.115 e. The summed E-state index contributed by atoms with van der Waals surface area (Å²) >= 11 is 0. The Labute approximate surface area is 92.2 Å². The van der Waals surface area contributed by atoms with Gasteiger partial charge >= 0.3 is 37.8 Å². The third-order valence-corrected chi connectivity index (χ3v) is 0.478. The Morgan fingerprint density at radius 2 is 1.50 bits per heavy atom. The molecule has 0 aliphatic heterocycles. The van der Waals surface area contributed by atoms with Crippen molar-refractivity contribution in [2.24, 2.45) is 0 Å². The minimum absolute atomic E-state index is 0. The van der Waals surface area contributed by atoms with Gasteiger partial charge in [-0.25, -0.2) is 9.97 Å². The molecule has 0 spiro atoms. The van der Waals surface area contributed by atoms with Crippen molar-refractivity contribution in [2.45, 2.75) is 0 Å². The predicted octanol–water partition coefficient (Wildman–Crippen LogP) is -1.64. The van der Waals surface area contributed by atoms with E-state index in [4.69, 9.17) is 14.4 Å². The van der Waals surface area contributed by atoms with Crippen LogP contribution in [-0.2, 0) is 4.57 Å². The topological polar surface area (TPSA) is 115 Å². The molecule has 1 heterocycles. The van der Waals surface area contributed by atoms with Crippen LogP contribution in [0.3, 0.4) is 0 Å². The average Bonchev–Trinajstić information content (AvgIpc) is 1.90. The molecule has 0 aliphatic carbocycles. The number of aromatic nitrogens is 2. The van der Waals surface area contributed by atoms with Crippen LogP contribution in [0, 0.1) is 0 Å². The summed E-state index contributed by atoms with van der Waals surface area (Å²) in [4.78, 5) is 21.7. The Balaban J connectivity index is -0.000000124. The van der Waals surface area contributed by atoms with Crippen LogP contribution < -0.4 is 0 Å². The van der Waals surface area contributed by atoms with Gasteiger partial charge in [-0.15, -0.1) is 0 Å². The standard InChI is InChI=1S/C4H4N2.Na.H3O3P.H2O.H/c1-2-5-4-6-3-1;;1-4(2)3;;/h1-4H;;4H,(H2,1,2,3);1H2;. The fourth-order valence-corrected chi connectivity index (χ4v) is 0.253. The molecule has 0 aliphatic rings. The van der Waals surface area contributed by atoms with Crippen LogP contribution >= 0.6 is 8.25 Å². The minimum atomic E-state index is -3.13. The first-order chi connectivity index (χ1) is 4.73. The summed E-state index contributed by atoms with van der Waals surface area (Å²) in [5.41, 5.74) is 0. The van der Waals surface area contributed by atoms with E-state index in [9.17, 15) is 0 Å². The Morgan fingerprint density at radius 3 is 1.58 bits per heavy atom. The van der Waals surface area contributed by atoms with Crippen molar-refractivity contribution in [1.29, 1.82) is 0 Å². The van der Waals surface area contributed by atoms with Crippen molar-refractivity contribution in [3.63, 3.8) is 0 Å². The number of rotatable bonds is 0. The van der Waals surface area contributed by atoms with E-state index in [0.717, 1.165) is 0 Å². The normalized spacial score (nSPS) is 6.92. The molecule has 0 unspecified atom stereocenters. The second-order valence-corrected chi connectivity index (χ2v) is 1.75. The van der Waals surface area contributed by atoms with E-state index in [0.29, 0.717) is 0 Å². The number of nitrogens with zero attached hydrogens (tertiary/aromatic N) is 2. The molecule has 1 aromatic heterocycles. The Morgan fingerprint density at radius 1 is 1.17 bits per heavy atom. The van der Waals surface area contributed by atoms with E-state index in [-0.39, 0.29) is 35.0 Å². The third-order valence-electron chi connectivity index (χ3n) is 0.478. The van der Waals surface area contributed by atoms with Gasteiger partial charge in [0, 0.05) is 12.4 Å². The Bertz CT molecular complexity index is 157. The van der Waals surface area contributed by atoms with Gasteiger partial charge in [0.15, 0.2) is 0 Å². The molecule has 6 nitrogen and oxygen atoms in total. The van der Waals surface area contributed by atoms with Gasteiger partial charge in [-0.1, -0.05) is 0 Å². The van der Waals surface area contributed by atoms with Crippen molar-refractivity contribution in [3.8, 4) is 0 Å². The molecule has 1 aromatic rings. The molecule has 0 fully saturated rings. The van der Waals surface area contributed by atoms with Crippen LogP contribution in [0.25, 0.3) is 0 Å².